The molecular formula is C20H27N3O5S. The number of hydrogen-bond acceptors (Lipinski definition) is 6. The minimum atomic E-state index is -0.838. The Balaban J connectivity index is 2.01. The molecule has 8 nitrogen and oxygen atoms in total. The summed E-state index contributed by atoms with van der Waals surface area (Å²) in [4.78, 5) is 38.4. The third kappa shape index (κ3) is 6.50. The molecule has 1 atom stereocenters. The van der Waals surface area contributed by atoms with Crippen LogP contribution in [0.5, 0.6) is 0 Å². The highest BCUT2D eigenvalue weighted by atomic mass is 32.1. The van der Waals surface area contributed by atoms with Gasteiger partial charge in [-0.05, 0) is 35.8 Å². The largest absolute Gasteiger partial charge is 0.463 e. The monoisotopic (exact) mass is 421 g/mol. The van der Waals surface area contributed by atoms with E-state index in [4.69, 9.17) is 21.7 Å². The van der Waals surface area contributed by atoms with Crippen molar-refractivity contribution >= 4 is 35.1 Å². The van der Waals surface area contributed by atoms with Crippen LogP contribution in [0, 0.1) is 0 Å². The van der Waals surface area contributed by atoms with Crippen molar-refractivity contribution in [3.05, 3.63) is 35.4 Å². The van der Waals surface area contributed by atoms with Gasteiger partial charge in [0.15, 0.2) is 5.11 Å². The lowest BCUT2D eigenvalue weighted by Gasteiger charge is -2.36. The van der Waals surface area contributed by atoms with Crippen LogP contribution in [-0.4, -0.2) is 67.3 Å². The maximum atomic E-state index is 12.5. The summed E-state index contributed by atoms with van der Waals surface area (Å²) < 4.78 is 9.87. The number of piperazine rings is 1. The van der Waals surface area contributed by atoms with Crippen molar-refractivity contribution in [1.82, 2.24) is 15.5 Å². The van der Waals surface area contributed by atoms with Crippen molar-refractivity contribution < 1.29 is 23.9 Å². The van der Waals surface area contributed by atoms with Crippen molar-refractivity contribution in [3.8, 4) is 0 Å². The van der Waals surface area contributed by atoms with E-state index in [0.717, 1.165) is 5.56 Å². The summed E-state index contributed by atoms with van der Waals surface area (Å²) in [5, 5.41) is 5.47. The maximum absolute atomic E-state index is 12.5. The number of nitrogens with zero attached hydrogens (tertiary/aromatic N) is 1. The first-order chi connectivity index (χ1) is 13.8. The predicted octanol–water partition coefficient (Wildman–Crippen LogP) is 1.20. The second-order valence-corrected chi connectivity index (χ2v) is 7.34. The highest BCUT2D eigenvalue weighted by molar-refractivity contribution is 7.80. The Hall–Kier alpha value is -2.52. The van der Waals surface area contributed by atoms with Gasteiger partial charge in [-0.1, -0.05) is 26.0 Å². The number of rotatable bonds is 7. The molecule has 29 heavy (non-hydrogen) atoms. The lowest BCUT2D eigenvalue weighted by atomic mass is 10.0. The van der Waals surface area contributed by atoms with Crippen LogP contribution in [0.4, 0.5) is 0 Å². The van der Waals surface area contributed by atoms with E-state index in [1.807, 2.05) is 12.1 Å². The van der Waals surface area contributed by atoms with E-state index in [-0.39, 0.29) is 36.6 Å². The highest BCUT2D eigenvalue weighted by Gasteiger charge is 2.34. The Kier molecular flexibility index (Phi) is 8.53. The van der Waals surface area contributed by atoms with Crippen molar-refractivity contribution in [1.29, 1.82) is 0 Å². The molecule has 158 valence electrons. The highest BCUT2D eigenvalue weighted by Crippen LogP contribution is 2.15. The van der Waals surface area contributed by atoms with Crippen molar-refractivity contribution in [2.45, 2.75) is 32.2 Å². The molecule has 1 aromatic carbocycles. The van der Waals surface area contributed by atoms with Gasteiger partial charge >= 0.3 is 5.97 Å². The molecule has 0 radical (unpaired) electrons. The molecule has 9 heteroatoms. The van der Waals surface area contributed by atoms with E-state index in [0.29, 0.717) is 24.6 Å². The van der Waals surface area contributed by atoms with E-state index in [9.17, 15) is 14.4 Å². The SMILES string of the molecule is COCCOC(=O)CC1C(=O)NCCN1C(=S)NC(=O)c1ccc(C(C)C)cc1. The van der Waals surface area contributed by atoms with Crippen LogP contribution in [0.25, 0.3) is 0 Å². The smallest absolute Gasteiger partial charge is 0.308 e. The number of ether oxygens (including phenoxy) is 2. The molecule has 0 saturated carbocycles. The summed E-state index contributed by atoms with van der Waals surface area (Å²) in [6.07, 6.45) is -0.172. The Morgan fingerprint density at radius 1 is 1.28 bits per heavy atom. The summed E-state index contributed by atoms with van der Waals surface area (Å²) in [5.74, 6) is -0.868. The van der Waals surface area contributed by atoms with Gasteiger partial charge in [0.05, 0.1) is 13.0 Å². The number of esters is 1. The Labute approximate surface area is 175 Å². The minimum Gasteiger partial charge on any atom is -0.463 e. The van der Waals surface area contributed by atoms with Gasteiger partial charge in [0.2, 0.25) is 5.91 Å². The van der Waals surface area contributed by atoms with Gasteiger partial charge in [-0.2, -0.15) is 0 Å². The molecule has 1 aliphatic heterocycles. The average molecular weight is 422 g/mol. The lowest BCUT2D eigenvalue weighted by molar-refractivity contribution is -0.148. The van der Waals surface area contributed by atoms with Crippen LogP contribution in [-0.2, 0) is 19.1 Å². The molecule has 1 unspecified atom stereocenters. The number of thiocarbonyl (C=S) groups is 1. The Morgan fingerprint density at radius 2 is 1.97 bits per heavy atom. The standard InChI is InChI=1S/C20H27N3O5S/c1-13(2)14-4-6-15(7-5-14)18(25)22-20(29)23-9-8-21-19(26)16(23)12-17(24)28-11-10-27-3/h4-7,13,16H,8-12H2,1-3H3,(H,21,26)(H,22,25,29). The summed E-state index contributed by atoms with van der Waals surface area (Å²) in [6.45, 7) is 5.28. The third-order valence-electron chi connectivity index (χ3n) is 4.56. The molecule has 0 aromatic heterocycles. The molecular weight excluding hydrogens is 394 g/mol. The molecule has 1 aromatic rings. The van der Waals surface area contributed by atoms with Crippen LogP contribution in [0.2, 0.25) is 0 Å². The zero-order chi connectivity index (χ0) is 21.4. The number of carbonyl (C=O) groups is 3. The molecule has 0 bridgehead atoms. The van der Waals surface area contributed by atoms with Crippen molar-refractivity contribution in [3.63, 3.8) is 0 Å². The summed E-state index contributed by atoms with van der Waals surface area (Å²) in [7, 11) is 1.50. The number of carbonyl (C=O) groups excluding carboxylic acids is 3. The summed E-state index contributed by atoms with van der Waals surface area (Å²) in [5.41, 5.74) is 1.60. The number of amides is 2. The van der Waals surface area contributed by atoms with E-state index >= 15 is 0 Å². The van der Waals surface area contributed by atoms with Crippen LogP contribution < -0.4 is 10.6 Å². The molecule has 2 rings (SSSR count). The van der Waals surface area contributed by atoms with Gasteiger partial charge < -0.3 is 19.7 Å². The van der Waals surface area contributed by atoms with E-state index in [2.05, 4.69) is 24.5 Å². The first kappa shape index (κ1) is 22.8. The fourth-order valence-electron chi connectivity index (χ4n) is 2.88. The first-order valence-corrected chi connectivity index (χ1v) is 9.88. The molecule has 1 aliphatic rings. The van der Waals surface area contributed by atoms with Crippen molar-refractivity contribution in [2.24, 2.45) is 0 Å². The lowest BCUT2D eigenvalue weighted by Crippen LogP contribution is -2.60. The van der Waals surface area contributed by atoms with Gasteiger partial charge in [0.1, 0.15) is 12.6 Å². The number of hydrogen-bond donors (Lipinski definition) is 2. The zero-order valence-corrected chi connectivity index (χ0v) is 17.7. The van der Waals surface area contributed by atoms with Crippen LogP contribution >= 0.6 is 12.2 Å². The Morgan fingerprint density at radius 3 is 2.59 bits per heavy atom. The first-order valence-electron chi connectivity index (χ1n) is 9.47. The second kappa shape index (κ2) is 10.9. The van der Waals surface area contributed by atoms with E-state index in [1.54, 1.807) is 17.0 Å². The molecule has 0 spiro atoms. The number of nitrogens with one attached hydrogen (secondary N) is 2. The van der Waals surface area contributed by atoms with E-state index in [1.165, 1.54) is 7.11 Å². The minimum absolute atomic E-state index is 0.104. The van der Waals surface area contributed by atoms with Gasteiger partial charge in [-0.3, -0.25) is 19.7 Å². The van der Waals surface area contributed by atoms with Crippen LogP contribution in [0.3, 0.4) is 0 Å². The van der Waals surface area contributed by atoms with Gasteiger partial charge in [0, 0.05) is 25.8 Å². The third-order valence-corrected chi connectivity index (χ3v) is 4.90. The summed E-state index contributed by atoms with van der Waals surface area (Å²) >= 11 is 5.35. The predicted molar refractivity (Wildman–Crippen MR) is 112 cm³/mol. The fraction of sp³-hybridized carbons (Fsp3) is 0.500. The van der Waals surface area contributed by atoms with Crippen LogP contribution in [0.1, 0.15) is 42.1 Å². The van der Waals surface area contributed by atoms with E-state index < -0.39 is 12.0 Å². The second-order valence-electron chi connectivity index (χ2n) is 6.95. The maximum Gasteiger partial charge on any atom is 0.308 e. The van der Waals surface area contributed by atoms with Gasteiger partial charge in [-0.25, -0.2) is 0 Å². The average Bonchev–Trinajstić information content (AvgIpc) is 2.69. The van der Waals surface area contributed by atoms with Crippen molar-refractivity contribution in [2.75, 3.05) is 33.4 Å². The molecule has 2 N–H and O–H groups in total. The quantitative estimate of drug-likeness (QED) is 0.388. The van der Waals surface area contributed by atoms with Crippen LogP contribution in [0.15, 0.2) is 24.3 Å². The van der Waals surface area contributed by atoms with Gasteiger partial charge in [0.25, 0.3) is 5.91 Å². The zero-order valence-electron chi connectivity index (χ0n) is 16.9. The molecule has 0 aliphatic carbocycles. The summed E-state index contributed by atoms with van der Waals surface area (Å²) in [6, 6.07) is 6.43. The Bertz CT molecular complexity index is 751. The van der Waals surface area contributed by atoms with Gasteiger partial charge in [-0.15, -0.1) is 0 Å². The topological polar surface area (TPSA) is 97.0 Å². The number of benzene rings is 1. The molecule has 1 fully saturated rings. The normalized spacial score (nSPS) is 16.3. The molecule has 2 amide bonds. The molecule has 1 saturated heterocycles. The fourth-order valence-corrected chi connectivity index (χ4v) is 3.19. The molecule has 1 heterocycles. The number of methoxy groups -OCH3 is 1.